The van der Waals surface area contributed by atoms with E-state index in [2.05, 4.69) is 38.8 Å². The van der Waals surface area contributed by atoms with Crippen molar-refractivity contribution < 1.29 is 0 Å². The predicted molar refractivity (Wildman–Crippen MR) is 81.8 cm³/mol. The molecule has 0 N–H and O–H groups in total. The molecule has 0 aromatic carbocycles. The highest BCUT2D eigenvalue weighted by atomic mass is 14.8. The van der Waals surface area contributed by atoms with Gasteiger partial charge in [0.15, 0.2) is 0 Å². The second kappa shape index (κ2) is 6.14. The first-order valence-electron chi connectivity index (χ1n) is 7.39. The summed E-state index contributed by atoms with van der Waals surface area (Å²) in [6.45, 7) is 8.74. The molecule has 0 aliphatic heterocycles. The minimum atomic E-state index is 0.997. The van der Waals surface area contributed by atoms with Crippen molar-refractivity contribution in [1.29, 1.82) is 0 Å². The van der Waals surface area contributed by atoms with Gasteiger partial charge in [0.1, 0.15) is 0 Å². The first kappa shape index (κ1) is 14.0. The van der Waals surface area contributed by atoms with Crippen molar-refractivity contribution in [3.05, 3.63) is 34.9 Å². The number of nitrogens with zero attached hydrogens (tertiary/aromatic N) is 2. The number of hydrogen-bond acceptors (Lipinski definition) is 2. The molecule has 0 spiro atoms. The molecule has 0 radical (unpaired) electrons. The highest BCUT2D eigenvalue weighted by molar-refractivity contribution is 5.72. The van der Waals surface area contributed by atoms with E-state index < -0.39 is 0 Å². The summed E-state index contributed by atoms with van der Waals surface area (Å²) in [5.74, 6) is 0. The van der Waals surface area contributed by atoms with Crippen LogP contribution in [0.2, 0.25) is 0 Å². The number of allylic oxidation sites excluding steroid dienone is 4. The molecule has 0 amide bonds. The number of aromatic nitrogens is 2. The van der Waals surface area contributed by atoms with Gasteiger partial charge in [-0.05, 0) is 37.8 Å². The van der Waals surface area contributed by atoms with Gasteiger partial charge < -0.3 is 0 Å². The Morgan fingerprint density at radius 3 is 2.79 bits per heavy atom. The van der Waals surface area contributed by atoms with Crippen molar-refractivity contribution in [3.63, 3.8) is 0 Å². The molecule has 0 unspecified atom stereocenters. The molecule has 1 aromatic rings. The molecular formula is C17H24N2. The summed E-state index contributed by atoms with van der Waals surface area (Å²) < 4.78 is 0. The fourth-order valence-corrected chi connectivity index (χ4v) is 2.60. The Labute approximate surface area is 116 Å². The highest BCUT2D eigenvalue weighted by Crippen LogP contribution is 2.32. The van der Waals surface area contributed by atoms with E-state index in [0.29, 0.717) is 0 Å². The van der Waals surface area contributed by atoms with Crippen LogP contribution in [0, 0.1) is 0 Å². The summed E-state index contributed by atoms with van der Waals surface area (Å²) in [6.07, 6.45) is 9.85. The van der Waals surface area contributed by atoms with E-state index in [1.807, 2.05) is 6.20 Å². The van der Waals surface area contributed by atoms with Gasteiger partial charge in [0.05, 0.1) is 23.3 Å². The van der Waals surface area contributed by atoms with Crippen LogP contribution in [0.1, 0.15) is 70.5 Å². The van der Waals surface area contributed by atoms with Crippen LogP contribution in [-0.4, -0.2) is 9.97 Å². The van der Waals surface area contributed by atoms with Crippen molar-refractivity contribution in [3.8, 4) is 0 Å². The third kappa shape index (κ3) is 2.94. The van der Waals surface area contributed by atoms with Gasteiger partial charge in [-0.2, -0.15) is 0 Å². The van der Waals surface area contributed by atoms with Crippen LogP contribution in [-0.2, 0) is 6.42 Å². The Morgan fingerprint density at radius 2 is 2.11 bits per heavy atom. The van der Waals surface area contributed by atoms with Crippen molar-refractivity contribution in [2.45, 2.75) is 59.8 Å². The third-order valence-electron chi connectivity index (χ3n) is 3.81. The van der Waals surface area contributed by atoms with Crippen LogP contribution >= 0.6 is 0 Å². The van der Waals surface area contributed by atoms with Crippen LogP contribution in [0.4, 0.5) is 0 Å². The van der Waals surface area contributed by atoms with E-state index in [4.69, 9.17) is 4.98 Å². The topological polar surface area (TPSA) is 25.8 Å². The van der Waals surface area contributed by atoms with Crippen LogP contribution in [0.25, 0.3) is 11.1 Å². The van der Waals surface area contributed by atoms with E-state index in [9.17, 15) is 0 Å². The molecule has 1 aliphatic carbocycles. The van der Waals surface area contributed by atoms with Crippen LogP contribution in [0.5, 0.6) is 0 Å². The van der Waals surface area contributed by atoms with E-state index in [-0.39, 0.29) is 0 Å². The molecular weight excluding hydrogens is 232 g/mol. The van der Waals surface area contributed by atoms with Gasteiger partial charge in [-0.3, -0.25) is 4.98 Å². The molecule has 1 aromatic heterocycles. The van der Waals surface area contributed by atoms with Crippen molar-refractivity contribution in [2.24, 2.45) is 0 Å². The van der Waals surface area contributed by atoms with E-state index in [0.717, 1.165) is 24.2 Å². The average molecular weight is 256 g/mol. The number of hydrogen-bond donors (Lipinski definition) is 0. The molecule has 19 heavy (non-hydrogen) atoms. The highest BCUT2D eigenvalue weighted by Gasteiger charge is 2.20. The molecule has 0 saturated carbocycles. The maximum atomic E-state index is 4.82. The molecule has 0 fully saturated rings. The zero-order valence-electron chi connectivity index (χ0n) is 12.6. The second-order valence-corrected chi connectivity index (χ2v) is 5.38. The van der Waals surface area contributed by atoms with E-state index >= 15 is 0 Å². The molecule has 2 nitrogen and oxygen atoms in total. The van der Waals surface area contributed by atoms with Gasteiger partial charge in [-0.15, -0.1) is 0 Å². The lowest BCUT2D eigenvalue weighted by atomic mass is 10.1. The number of unbranched alkanes of at least 4 members (excludes halogenated alkanes) is 1. The summed E-state index contributed by atoms with van der Waals surface area (Å²) in [5.41, 5.74) is 7.45. The summed E-state index contributed by atoms with van der Waals surface area (Å²) >= 11 is 0. The monoisotopic (exact) mass is 256 g/mol. The zero-order chi connectivity index (χ0) is 13.8. The quantitative estimate of drug-likeness (QED) is 0.755. The van der Waals surface area contributed by atoms with Crippen LogP contribution < -0.4 is 0 Å². The van der Waals surface area contributed by atoms with E-state index in [1.54, 1.807) is 0 Å². The van der Waals surface area contributed by atoms with Crippen molar-refractivity contribution in [1.82, 2.24) is 9.97 Å². The maximum Gasteiger partial charge on any atom is 0.0877 e. The fourth-order valence-electron chi connectivity index (χ4n) is 2.60. The fraction of sp³-hybridized carbons (Fsp3) is 0.529. The van der Waals surface area contributed by atoms with Crippen molar-refractivity contribution in [2.75, 3.05) is 0 Å². The summed E-state index contributed by atoms with van der Waals surface area (Å²) in [5, 5.41) is 0. The minimum absolute atomic E-state index is 0.997. The Bertz CT molecular complexity index is 524. The van der Waals surface area contributed by atoms with Gasteiger partial charge in [0, 0.05) is 6.42 Å². The summed E-state index contributed by atoms with van der Waals surface area (Å²) in [7, 11) is 0. The largest absolute Gasteiger partial charge is 0.252 e. The Hall–Kier alpha value is -1.44. The molecule has 1 aliphatic rings. The molecule has 1 heterocycles. The van der Waals surface area contributed by atoms with Gasteiger partial charge in [0.25, 0.3) is 0 Å². The number of fused-ring (bicyclic) bond motifs is 1. The van der Waals surface area contributed by atoms with Gasteiger partial charge >= 0.3 is 0 Å². The third-order valence-corrected chi connectivity index (χ3v) is 3.81. The lowest BCUT2D eigenvalue weighted by Crippen LogP contribution is -1.98. The molecule has 0 bridgehead atoms. The van der Waals surface area contributed by atoms with E-state index in [1.165, 1.54) is 41.7 Å². The molecule has 2 heteroatoms. The Kier molecular flexibility index (Phi) is 4.52. The molecule has 102 valence electrons. The zero-order valence-corrected chi connectivity index (χ0v) is 12.6. The van der Waals surface area contributed by atoms with Crippen LogP contribution in [0.15, 0.2) is 17.8 Å². The molecule has 2 rings (SSSR count). The van der Waals surface area contributed by atoms with Gasteiger partial charge in [-0.1, -0.05) is 38.3 Å². The Morgan fingerprint density at radius 1 is 1.32 bits per heavy atom. The summed E-state index contributed by atoms with van der Waals surface area (Å²) in [4.78, 5) is 9.46. The Balaban J connectivity index is 2.25. The van der Waals surface area contributed by atoms with Crippen molar-refractivity contribution >= 4 is 11.1 Å². The molecule has 0 atom stereocenters. The SMILES string of the molecule is CCCC=C(C)c1cnc2c(n1)CC(CCC)=C2C. The summed E-state index contributed by atoms with van der Waals surface area (Å²) in [6, 6.07) is 0. The second-order valence-electron chi connectivity index (χ2n) is 5.38. The predicted octanol–water partition coefficient (Wildman–Crippen LogP) is 4.81. The lowest BCUT2D eigenvalue weighted by Gasteiger charge is -2.04. The van der Waals surface area contributed by atoms with Gasteiger partial charge in [0.2, 0.25) is 0 Å². The standard InChI is InChI=1S/C17H24N2/c1-5-7-9-12(3)16-11-18-17-13(4)14(8-6-2)10-15(17)19-16/h9,11H,5-8,10H2,1-4H3. The lowest BCUT2D eigenvalue weighted by molar-refractivity contribution is 0.872. The normalized spacial score (nSPS) is 15.1. The maximum absolute atomic E-state index is 4.82. The van der Waals surface area contributed by atoms with Gasteiger partial charge in [-0.25, -0.2) is 4.98 Å². The first-order chi connectivity index (χ1) is 9.17. The average Bonchev–Trinajstić information content (AvgIpc) is 2.73. The first-order valence-corrected chi connectivity index (χ1v) is 7.39. The molecule has 0 saturated heterocycles. The van der Waals surface area contributed by atoms with Crippen LogP contribution in [0.3, 0.4) is 0 Å². The smallest absolute Gasteiger partial charge is 0.0877 e. The number of rotatable bonds is 5. The minimum Gasteiger partial charge on any atom is -0.252 e.